The summed E-state index contributed by atoms with van der Waals surface area (Å²) in [6.45, 7) is 8.76. The van der Waals surface area contributed by atoms with Crippen LogP contribution in [0.5, 0.6) is 5.75 Å². The van der Waals surface area contributed by atoms with Crippen LogP contribution in [0.4, 0.5) is 0 Å². The van der Waals surface area contributed by atoms with Crippen LogP contribution in [0.3, 0.4) is 0 Å². The molecule has 0 spiro atoms. The van der Waals surface area contributed by atoms with Crippen molar-refractivity contribution in [1.82, 2.24) is 40.0 Å². The molecule has 1 saturated heterocycles. The molecule has 0 aromatic carbocycles. The van der Waals surface area contributed by atoms with Crippen LogP contribution >= 0.6 is 11.3 Å². The lowest BCUT2D eigenvalue weighted by Crippen LogP contribution is -2.52. The molecule has 0 bridgehead atoms. The smallest absolute Gasteiger partial charge is 0.234 e. The molecule has 38 heavy (non-hydrogen) atoms. The number of aryl methyl sites for hydroxylation is 1. The average molecular weight is 535 g/mol. The number of amides is 1. The minimum atomic E-state index is 0.153. The number of H-pyrrole nitrogens is 1. The zero-order chi connectivity index (χ0) is 26.4. The Balaban J connectivity index is 1.27. The van der Waals surface area contributed by atoms with Gasteiger partial charge in [-0.3, -0.25) is 14.8 Å². The van der Waals surface area contributed by atoms with E-state index in [1.54, 1.807) is 23.0 Å². The second-order valence-corrected chi connectivity index (χ2v) is 11.7. The number of nitrogens with one attached hydrogen (secondary N) is 2. The van der Waals surface area contributed by atoms with Crippen LogP contribution < -0.4 is 10.1 Å². The van der Waals surface area contributed by atoms with Crippen LogP contribution in [0.15, 0.2) is 18.6 Å². The Bertz CT molecular complexity index is 1460. The second kappa shape index (κ2) is 10.1. The van der Waals surface area contributed by atoms with Crippen LogP contribution in [0.2, 0.25) is 0 Å². The summed E-state index contributed by atoms with van der Waals surface area (Å²) in [4.78, 5) is 24.9. The largest absolute Gasteiger partial charge is 0.493 e. The first kappa shape index (κ1) is 25.0. The van der Waals surface area contributed by atoms with Gasteiger partial charge in [-0.2, -0.15) is 10.2 Å². The first-order chi connectivity index (χ1) is 18.4. The summed E-state index contributed by atoms with van der Waals surface area (Å²) in [6, 6.07) is 2.49. The Morgan fingerprint density at radius 1 is 1.21 bits per heavy atom. The topological polar surface area (TPSA) is 113 Å². The van der Waals surface area contributed by atoms with Gasteiger partial charge in [-0.05, 0) is 50.5 Å². The molecule has 0 unspecified atom stereocenters. The van der Waals surface area contributed by atoms with Crippen molar-refractivity contribution in [1.29, 1.82) is 0 Å². The van der Waals surface area contributed by atoms with Crippen LogP contribution in [0.1, 0.15) is 67.5 Å². The third-order valence-corrected chi connectivity index (χ3v) is 9.24. The molecular formula is C27H34N8O2S. The van der Waals surface area contributed by atoms with Crippen molar-refractivity contribution in [3.05, 3.63) is 34.7 Å². The number of fused-ring (bicyclic) bond motifs is 1. The Morgan fingerprint density at radius 2 is 2.03 bits per heavy atom. The van der Waals surface area contributed by atoms with E-state index >= 15 is 0 Å². The average Bonchev–Trinajstić information content (AvgIpc) is 3.66. The predicted octanol–water partition coefficient (Wildman–Crippen LogP) is 4.14. The molecule has 1 aliphatic heterocycles. The molecule has 2 fully saturated rings. The van der Waals surface area contributed by atoms with Crippen LogP contribution in [-0.4, -0.2) is 73.4 Å². The molecule has 4 aromatic heterocycles. The quantitative estimate of drug-likeness (QED) is 0.382. The van der Waals surface area contributed by atoms with E-state index in [4.69, 9.17) is 14.8 Å². The first-order valence-corrected chi connectivity index (χ1v) is 14.2. The molecule has 11 heteroatoms. The van der Waals surface area contributed by atoms with Gasteiger partial charge in [0.15, 0.2) is 11.4 Å². The maximum atomic E-state index is 11.8. The van der Waals surface area contributed by atoms with Gasteiger partial charge in [-0.15, -0.1) is 11.3 Å². The third kappa shape index (κ3) is 4.47. The number of piperazine rings is 1. The van der Waals surface area contributed by atoms with Gasteiger partial charge in [-0.25, -0.2) is 14.5 Å². The number of thiazole rings is 1. The lowest BCUT2D eigenvalue weighted by Gasteiger charge is -2.38. The summed E-state index contributed by atoms with van der Waals surface area (Å²) >= 11 is 1.78. The van der Waals surface area contributed by atoms with Gasteiger partial charge in [0.25, 0.3) is 0 Å². The number of pyridine rings is 1. The molecule has 0 atom stereocenters. The highest BCUT2D eigenvalue weighted by Gasteiger charge is 2.31. The number of aromatic amines is 1. The number of hydrogen-bond acceptors (Lipinski definition) is 8. The van der Waals surface area contributed by atoms with E-state index in [1.807, 2.05) is 12.3 Å². The van der Waals surface area contributed by atoms with Crippen molar-refractivity contribution in [2.45, 2.75) is 64.3 Å². The summed E-state index contributed by atoms with van der Waals surface area (Å²) in [6.07, 6.45) is 8.00. The van der Waals surface area contributed by atoms with E-state index in [-0.39, 0.29) is 11.8 Å². The summed E-state index contributed by atoms with van der Waals surface area (Å²) in [5.74, 6) is 1.57. The number of methoxy groups -OCH3 is 1. The lowest BCUT2D eigenvalue weighted by atomic mass is 9.84. The van der Waals surface area contributed by atoms with Crippen molar-refractivity contribution in [2.75, 3.05) is 26.7 Å². The van der Waals surface area contributed by atoms with Gasteiger partial charge in [0.1, 0.15) is 17.0 Å². The summed E-state index contributed by atoms with van der Waals surface area (Å²) in [7, 11) is 1.64. The highest BCUT2D eigenvalue weighted by Crippen LogP contribution is 2.43. The summed E-state index contributed by atoms with van der Waals surface area (Å²) < 4.78 is 7.32. The minimum Gasteiger partial charge on any atom is -0.493 e. The van der Waals surface area contributed by atoms with Crippen LogP contribution in [0, 0.1) is 6.92 Å². The zero-order valence-corrected chi connectivity index (χ0v) is 23.1. The SMILES string of the molecule is COc1cc(-c2[nH]nc(-c3nc(C)c(C4CCC(N5CCNC(=O)C5)CC4)s3)c2C(C)C)cn2ncnc12. The number of rotatable bonds is 6. The van der Waals surface area contributed by atoms with Gasteiger partial charge in [0, 0.05) is 41.3 Å². The van der Waals surface area contributed by atoms with Crippen molar-refractivity contribution in [3.8, 4) is 27.7 Å². The fourth-order valence-electron chi connectivity index (χ4n) is 6.04. The number of hydrogen-bond donors (Lipinski definition) is 2. The maximum absolute atomic E-state index is 11.8. The lowest BCUT2D eigenvalue weighted by molar-refractivity contribution is -0.125. The van der Waals surface area contributed by atoms with Crippen LogP contribution in [0.25, 0.3) is 27.6 Å². The normalized spacial score (nSPS) is 20.8. The van der Waals surface area contributed by atoms with Crippen molar-refractivity contribution in [2.24, 2.45) is 0 Å². The molecule has 4 aromatic rings. The molecule has 1 saturated carbocycles. The molecule has 5 heterocycles. The fourth-order valence-corrected chi connectivity index (χ4v) is 7.28. The molecule has 200 valence electrons. The Kier molecular flexibility index (Phi) is 6.65. The minimum absolute atomic E-state index is 0.153. The van der Waals surface area contributed by atoms with E-state index in [9.17, 15) is 4.79 Å². The van der Waals surface area contributed by atoms with Crippen molar-refractivity contribution >= 4 is 22.9 Å². The molecule has 2 aliphatic rings. The number of aromatic nitrogens is 6. The van der Waals surface area contributed by atoms with Gasteiger partial charge in [0.2, 0.25) is 5.91 Å². The third-order valence-electron chi connectivity index (χ3n) is 7.92. The summed E-state index contributed by atoms with van der Waals surface area (Å²) in [5, 5.41) is 16.3. The second-order valence-electron chi connectivity index (χ2n) is 10.6. The molecular weight excluding hydrogens is 500 g/mol. The van der Waals surface area contributed by atoms with E-state index in [1.165, 1.54) is 11.2 Å². The zero-order valence-electron chi connectivity index (χ0n) is 22.3. The van der Waals surface area contributed by atoms with E-state index in [0.717, 1.165) is 72.0 Å². The summed E-state index contributed by atoms with van der Waals surface area (Å²) in [5.41, 5.74) is 5.74. The van der Waals surface area contributed by atoms with E-state index < -0.39 is 0 Å². The van der Waals surface area contributed by atoms with Gasteiger partial charge >= 0.3 is 0 Å². The molecule has 0 radical (unpaired) electrons. The molecule has 2 N–H and O–H groups in total. The fraction of sp³-hybridized carbons (Fsp3) is 0.519. The highest BCUT2D eigenvalue weighted by molar-refractivity contribution is 7.15. The van der Waals surface area contributed by atoms with Crippen molar-refractivity contribution in [3.63, 3.8) is 0 Å². The number of ether oxygens (including phenoxy) is 1. The Labute approximate surface area is 225 Å². The van der Waals surface area contributed by atoms with E-state index in [2.05, 4.69) is 46.2 Å². The molecule has 1 aliphatic carbocycles. The number of nitrogens with zero attached hydrogens (tertiary/aromatic N) is 6. The van der Waals surface area contributed by atoms with Gasteiger partial charge in [-0.1, -0.05) is 13.8 Å². The number of carbonyl (C=O) groups excluding carboxylic acids is 1. The maximum Gasteiger partial charge on any atom is 0.234 e. The first-order valence-electron chi connectivity index (χ1n) is 13.4. The predicted molar refractivity (Wildman–Crippen MR) is 147 cm³/mol. The Hall–Kier alpha value is -3.31. The van der Waals surface area contributed by atoms with Gasteiger partial charge in [0.05, 0.1) is 25.0 Å². The molecule has 6 rings (SSSR count). The van der Waals surface area contributed by atoms with E-state index in [0.29, 0.717) is 29.9 Å². The van der Waals surface area contributed by atoms with Gasteiger partial charge < -0.3 is 10.1 Å². The standard InChI is InChI=1S/C27H34N8O2S/c1-15(2)22-23(18-11-20(37-4)26-29-14-30-35(26)12-18)32-33-24(22)27-31-16(3)25(38-27)17-5-7-19(8-6-17)34-10-9-28-21(36)13-34/h11-12,14-15,17,19H,5-10,13H2,1-4H3,(H,28,36)(H,32,33). The highest BCUT2D eigenvalue weighted by atomic mass is 32.1. The Morgan fingerprint density at radius 3 is 2.76 bits per heavy atom. The molecule has 1 amide bonds. The molecule has 10 nitrogen and oxygen atoms in total. The van der Waals surface area contributed by atoms with Crippen LogP contribution in [-0.2, 0) is 4.79 Å². The monoisotopic (exact) mass is 534 g/mol. The number of carbonyl (C=O) groups is 1. The van der Waals surface area contributed by atoms with Crippen molar-refractivity contribution < 1.29 is 9.53 Å².